The second-order valence-electron chi connectivity index (χ2n) is 7.65. The maximum Gasteiger partial charge on any atom is 0.191 e. The molecule has 2 aromatic carbocycles. The third-order valence-corrected chi connectivity index (χ3v) is 5.48. The number of hydrogen-bond acceptors (Lipinski definition) is 5. The lowest BCUT2D eigenvalue weighted by Crippen LogP contribution is -2.17. The van der Waals surface area contributed by atoms with Gasteiger partial charge in [-0.15, -0.1) is 0 Å². The third-order valence-electron chi connectivity index (χ3n) is 5.48. The fraction of sp³-hybridized carbons (Fsp3) is 0.120. The Balaban J connectivity index is 1.63. The van der Waals surface area contributed by atoms with Gasteiger partial charge in [0.05, 0.1) is 28.5 Å². The van der Waals surface area contributed by atoms with Gasteiger partial charge in [0.2, 0.25) is 0 Å². The van der Waals surface area contributed by atoms with Crippen molar-refractivity contribution in [1.82, 2.24) is 15.0 Å². The molecule has 4 aromatic rings. The number of rotatable bonds is 4. The van der Waals surface area contributed by atoms with Crippen molar-refractivity contribution in [1.29, 1.82) is 0 Å². The lowest BCUT2D eigenvalue weighted by atomic mass is 9.97. The fourth-order valence-electron chi connectivity index (χ4n) is 3.94. The standard InChI is InChI=1S/C25H18F2N4O/c1-14(30-25-23-20(28-13-29-25)6-3-7-22(23)32)19-11-15-8-9-18(27)12-21(15)31-24(19)16-4-2-5-17(26)10-16/h2-5,7-14H,6H2,1H3,(H,28,29,30)/t14-/m0/s1. The molecule has 1 aliphatic rings. The third kappa shape index (κ3) is 3.62. The highest BCUT2D eigenvalue weighted by atomic mass is 19.1. The van der Waals surface area contributed by atoms with Crippen LogP contribution in [0.5, 0.6) is 0 Å². The van der Waals surface area contributed by atoms with E-state index in [4.69, 9.17) is 0 Å². The highest BCUT2D eigenvalue weighted by Gasteiger charge is 2.22. The summed E-state index contributed by atoms with van der Waals surface area (Å²) in [6.07, 6.45) is 5.28. The highest BCUT2D eigenvalue weighted by Crippen LogP contribution is 2.33. The number of hydrogen-bond donors (Lipinski definition) is 1. The second kappa shape index (κ2) is 7.92. The Kier molecular flexibility index (Phi) is 4.93. The Morgan fingerprint density at radius 2 is 1.88 bits per heavy atom. The number of carbonyl (C=O) groups excluding carboxylic acids is 1. The molecule has 0 spiro atoms. The van der Waals surface area contributed by atoms with E-state index in [1.807, 2.05) is 13.0 Å². The van der Waals surface area contributed by atoms with Crippen molar-refractivity contribution in [3.8, 4) is 11.3 Å². The quantitative estimate of drug-likeness (QED) is 0.469. The van der Waals surface area contributed by atoms with Crippen LogP contribution in [0.25, 0.3) is 22.2 Å². The van der Waals surface area contributed by atoms with Crippen LogP contribution in [-0.2, 0) is 6.42 Å². The van der Waals surface area contributed by atoms with Crippen molar-refractivity contribution in [2.45, 2.75) is 19.4 Å². The number of carbonyl (C=O) groups is 1. The zero-order valence-corrected chi connectivity index (χ0v) is 17.1. The van der Waals surface area contributed by atoms with Crippen LogP contribution in [0.3, 0.4) is 0 Å². The van der Waals surface area contributed by atoms with Crippen molar-refractivity contribution in [2.24, 2.45) is 0 Å². The zero-order chi connectivity index (χ0) is 22.2. The topological polar surface area (TPSA) is 67.8 Å². The molecule has 0 amide bonds. The van der Waals surface area contributed by atoms with E-state index in [9.17, 15) is 13.6 Å². The summed E-state index contributed by atoms with van der Waals surface area (Å²) in [5, 5.41) is 4.05. The summed E-state index contributed by atoms with van der Waals surface area (Å²) >= 11 is 0. The summed E-state index contributed by atoms with van der Waals surface area (Å²) in [5.74, 6) is -0.508. The summed E-state index contributed by atoms with van der Waals surface area (Å²) in [6.45, 7) is 1.91. The van der Waals surface area contributed by atoms with Gasteiger partial charge in [0, 0.05) is 29.0 Å². The Morgan fingerprint density at radius 3 is 2.72 bits per heavy atom. The van der Waals surface area contributed by atoms with E-state index in [1.165, 1.54) is 36.7 Å². The molecule has 158 valence electrons. The molecule has 7 heteroatoms. The van der Waals surface area contributed by atoms with E-state index in [1.54, 1.807) is 24.3 Å². The predicted molar refractivity (Wildman–Crippen MR) is 118 cm³/mol. The molecule has 0 bridgehead atoms. The molecule has 5 rings (SSSR count). The molecule has 2 heterocycles. The first-order chi connectivity index (χ1) is 15.5. The molecule has 5 nitrogen and oxygen atoms in total. The Bertz CT molecular complexity index is 1400. The summed E-state index contributed by atoms with van der Waals surface area (Å²) in [4.78, 5) is 25.6. The van der Waals surface area contributed by atoms with E-state index in [0.29, 0.717) is 40.3 Å². The van der Waals surface area contributed by atoms with Gasteiger partial charge in [-0.3, -0.25) is 4.79 Å². The molecule has 0 saturated heterocycles. The lowest BCUT2D eigenvalue weighted by molar-refractivity contribution is 0.104. The van der Waals surface area contributed by atoms with Gasteiger partial charge in [0.15, 0.2) is 5.78 Å². The van der Waals surface area contributed by atoms with E-state index < -0.39 is 11.6 Å². The average molecular weight is 428 g/mol. The summed E-state index contributed by atoms with van der Waals surface area (Å²) in [7, 11) is 0. The Morgan fingerprint density at radius 1 is 1.03 bits per heavy atom. The smallest absolute Gasteiger partial charge is 0.191 e. The van der Waals surface area contributed by atoms with Gasteiger partial charge in [-0.1, -0.05) is 18.2 Å². The van der Waals surface area contributed by atoms with E-state index in [-0.39, 0.29) is 11.8 Å². The van der Waals surface area contributed by atoms with Gasteiger partial charge in [-0.2, -0.15) is 0 Å². The van der Waals surface area contributed by atoms with Crippen molar-refractivity contribution in [2.75, 3.05) is 5.32 Å². The summed E-state index contributed by atoms with van der Waals surface area (Å²) in [6, 6.07) is 12.1. The van der Waals surface area contributed by atoms with Crippen molar-refractivity contribution < 1.29 is 13.6 Å². The lowest BCUT2D eigenvalue weighted by Gasteiger charge is -2.21. The van der Waals surface area contributed by atoms with Crippen LogP contribution in [0.4, 0.5) is 14.6 Å². The van der Waals surface area contributed by atoms with Crippen LogP contribution < -0.4 is 5.32 Å². The number of benzene rings is 2. The van der Waals surface area contributed by atoms with Gasteiger partial charge >= 0.3 is 0 Å². The molecule has 0 radical (unpaired) electrons. The van der Waals surface area contributed by atoms with Crippen molar-refractivity contribution >= 4 is 22.5 Å². The molecule has 0 saturated carbocycles. The maximum atomic E-state index is 14.0. The van der Waals surface area contributed by atoms with Gasteiger partial charge in [-0.25, -0.2) is 23.7 Å². The van der Waals surface area contributed by atoms with Crippen LogP contribution >= 0.6 is 0 Å². The van der Waals surface area contributed by atoms with Gasteiger partial charge in [-0.05, 0) is 43.3 Å². The number of fused-ring (bicyclic) bond motifs is 2. The van der Waals surface area contributed by atoms with Crippen LogP contribution in [0, 0.1) is 11.6 Å². The first kappa shape index (κ1) is 19.9. The molecular formula is C25H18F2N4O. The Hall–Kier alpha value is -4.00. The summed E-state index contributed by atoms with van der Waals surface area (Å²) in [5.41, 5.74) is 3.45. The number of allylic oxidation sites excluding steroid dienone is 2. The number of aromatic nitrogens is 3. The van der Waals surface area contributed by atoms with Crippen LogP contribution in [0.15, 0.2) is 67.0 Å². The van der Waals surface area contributed by atoms with Crippen molar-refractivity contribution in [3.05, 3.63) is 95.5 Å². The predicted octanol–water partition coefficient (Wildman–Crippen LogP) is 5.44. The molecule has 2 aromatic heterocycles. The molecule has 1 N–H and O–H groups in total. The van der Waals surface area contributed by atoms with Crippen molar-refractivity contribution in [3.63, 3.8) is 0 Å². The number of halogens is 2. The van der Waals surface area contributed by atoms with Crippen LogP contribution in [-0.4, -0.2) is 20.7 Å². The molecular weight excluding hydrogens is 410 g/mol. The minimum Gasteiger partial charge on any atom is -0.363 e. The minimum atomic E-state index is -0.395. The molecule has 0 unspecified atom stereocenters. The largest absolute Gasteiger partial charge is 0.363 e. The molecule has 0 fully saturated rings. The number of nitrogens with one attached hydrogen (secondary N) is 1. The minimum absolute atomic E-state index is 0.154. The van der Waals surface area contributed by atoms with Crippen LogP contribution in [0.1, 0.15) is 34.6 Å². The van der Waals surface area contributed by atoms with E-state index in [0.717, 1.165) is 10.9 Å². The molecule has 1 atom stereocenters. The normalized spacial score (nSPS) is 13.8. The fourth-order valence-corrected chi connectivity index (χ4v) is 3.94. The summed E-state index contributed by atoms with van der Waals surface area (Å²) < 4.78 is 27.8. The molecule has 1 aliphatic carbocycles. The average Bonchev–Trinajstić information content (AvgIpc) is 2.78. The van der Waals surface area contributed by atoms with E-state index in [2.05, 4.69) is 20.3 Å². The SMILES string of the molecule is C[C@H](Nc1ncnc2c1C(=O)C=CC2)c1cc2ccc(F)cc2nc1-c1cccc(F)c1. The Labute approximate surface area is 182 Å². The van der Waals surface area contributed by atoms with E-state index >= 15 is 0 Å². The van der Waals surface area contributed by atoms with Gasteiger partial charge in [0.1, 0.15) is 23.8 Å². The number of anilines is 1. The van der Waals surface area contributed by atoms with Gasteiger partial charge in [0.25, 0.3) is 0 Å². The molecule has 0 aliphatic heterocycles. The first-order valence-electron chi connectivity index (χ1n) is 10.2. The van der Waals surface area contributed by atoms with Crippen LogP contribution in [0.2, 0.25) is 0 Å². The monoisotopic (exact) mass is 428 g/mol. The molecule has 32 heavy (non-hydrogen) atoms. The van der Waals surface area contributed by atoms with Gasteiger partial charge < -0.3 is 5.32 Å². The number of ketones is 1. The first-order valence-corrected chi connectivity index (χ1v) is 10.2. The highest BCUT2D eigenvalue weighted by molar-refractivity contribution is 6.09. The second-order valence-corrected chi connectivity index (χ2v) is 7.65. The zero-order valence-electron chi connectivity index (χ0n) is 17.1. The number of pyridine rings is 1. The number of nitrogens with zero attached hydrogens (tertiary/aromatic N) is 3. The maximum absolute atomic E-state index is 14.0.